The van der Waals surface area contributed by atoms with E-state index in [1.807, 2.05) is 25.1 Å². The van der Waals surface area contributed by atoms with Crippen molar-refractivity contribution in [3.8, 4) is 6.07 Å². The van der Waals surface area contributed by atoms with Crippen LogP contribution in [0.5, 0.6) is 0 Å². The summed E-state index contributed by atoms with van der Waals surface area (Å²) in [6.07, 6.45) is 2.89. The van der Waals surface area contributed by atoms with Gasteiger partial charge in [-0.3, -0.25) is 24.8 Å². The Kier molecular flexibility index (Phi) is 5.62. The Morgan fingerprint density at radius 3 is 2.67 bits per heavy atom. The van der Waals surface area contributed by atoms with Gasteiger partial charge in [0.05, 0.1) is 30.7 Å². The lowest BCUT2D eigenvalue weighted by Crippen LogP contribution is -2.45. The van der Waals surface area contributed by atoms with Crippen LogP contribution in [0.1, 0.15) is 54.4 Å². The number of nitrogens with zero attached hydrogens (tertiary/aromatic N) is 3. The van der Waals surface area contributed by atoms with Crippen molar-refractivity contribution < 1.29 is 23.5 Å². The maximum Gasteiger partial charge on any atom is 0.234 e. The number of hydrogen-bond donors (Lipinski definition) is 1. The van der Waals surface area contributed by atoms with Gasteiger partial charge in [0, 0.05) is 43.2 Å². The summed E-state index contributed by atoms with van der Waals surface area (Å²) >= 11 is 0. The molecule has 4 fully saturated rings. The molecule has 4 aliphatic heterocycles. The van der Waals surface area contributed by atoms with Gasteiger partial charge in [0.15, 0.2) is 0 Å². The molecule has 40 heavy (non-hydrogen) atoms. The number of nitriles is 1. The van der Waals surface area contributed by atoms with Gasteiger partial charge in [-0.15, -0.1) is 0 Å². The van der Waals surface area contributed by atoms with Crippen molar-refractivity contribution in [2.45, 2.75) is 55.3 Å². The van der Waals surface area contributed by atoms with Crippen LogP contribution in [0.15, 0.2) is 48.7 Å². The molecule has 8 nitrogen and oxygen atoms in total. The Morgan fingerprint density at radius 1 is 1.20 bits per heavy atom. The number of halogens is 1. The molecule has 1 N–H and O–H groups in total. The molecule has 0 radical (unpaired) electrons. The van der Waals surface area contributed by atoms with Crippen molar-refractivity contribution >= 4 is 22.7 Å². The van der Waals surface area contributed by atoms with Crippen LogP contribution < -0.4 is 5.32 Å². The SMILES string of the molecule is CC12CN(Cc3ccc(C4(C#N)COC4)cc3)CCC1(c1ccc3ncc(C4CCC(=O)NC4=O)cc3c1F)O2. The number of rotatable bonds is 5. The molecule has 0 bridgehead atoms. The number of imide groups is 1. The third-order valence-corrected chi connectivity index (χ3v) is 9.24. The van der Waals surface area contributed by atoms with Crippen LogP contribution in [-0.4, -0.2) is 53.6 Å². The Bertz CT molecular complexity index is 1600. The Balaban J connectivity index is 1.10. The third kappa shape index (κ3) is 3.78. The molecule has 0 spiro atoms. The fourth-order valence-electron chi connectivity index (χ4n) is 6.75. The number of fused-ring (bicyclic) bond motifs is 2. The number of epoxide rings is 1. The molecule has 5 heterocycles. The number of likely N-dealkylation sites (tertiary alicyclic amines) is 1. The highest BCUT2D eigenvalue weighted by molar-refractivity contribution is 6.01. The van der Waals surface area contributed by atoms with Crippen LogP contribution in [0.4, 0.5) is 4.39 Å². The van der Waals surface area contributed by atoms with Gasteiger partial charge < -0.3 is 9.47 Å². The lowest BCUT2D eigenvalue weighted by Gasteiger charge is -2.35. The normalized spacial score (nSPS) is 29.3. The van der Waals surface area contributed by atoms with Gasteiger partial charge in [0.1, 0.15) is 22.4 Å². The number of carbonyl (C=O) groups excluding carboxylic acids is 2. The largest absolute Gasteiger partial charge is 0.377 e. The summed E-state index contributed by atoms with van der Waals surface area (Å²) in [7, 11) is 0. The first kappa shape index (κ1) is 25.3. The highest BCUT2D eigenvalue weighted by Crippen LogP contribution is 2.61. The van der Waals surface area contributed by atoms with E-state index in [-0.39, 0.29) is 24.1 Å². The van der Waals surface area contributed by atoms with Crippen molar-refractivity contribution in [3.05, 3.63) is 76.7 Å². The zero-order valence-corrected chi connectivity index (χ0v) is 22.2. The average Bonchev–Trinajstić information content (AvgIpc) is 3.55. The average molecular weight is 541 g/mol. The molecule has 3 unspecified atom stereocenters. The Labute approximate surface area is 231 Å². The number of ether oxygens (including phenoxy) is 2. The van der Waals surface area contributed by atoms with Crippen LogP contribution in [0.25, 0.3) is 10.9 Å². The highest BCUT2D eigenvalue weighted by Gasteiger charge is 2.70. The number of aromatic nitrogens is 1. The third-order valence-electron chi connectivity index (χ3n) is 9.24. The van der Waals surface area contributed by atoms with Crippen LogP contribution in [0, 0.1) is 17.1 Å². The molecule has 7 rings (SSSR count). The van der Waals surface area contributed by atoms with E-state index in [4.69, 9.17) is 9.47 Å². The zero-order valence-electron chi connectivity index (χ0n) is 22.2. The zero-order chi connectivity index (χ0) is 27.7. The van der Waals surface area contributed by atoms with Crippen LogP contribution in [0.2, 0.25) is 0 Å². The summed E-state index contributed by atoms with van der Waals surface area (Å²) in [5, 5.41) is 12.3. The second-order valence-corrected chi connectivity index (χ2v) is 11.8. The summed E-state index contributed by atoms with van der Waals surface area (Å²) in [5.41, 5.74) is 2.03. The van der Waals surface area contributed by atoms with E-state index >= 15 is 4.39 Å². The predicted molar refractivity (Wildman–Crippen MR) is 142 cm³/mol. The van der Waals surface area contributed by atoms with Crippen molar-refractivity contribution in [3.63, 3.8) is 0 Å². The van der Waals surface area contributed by atoms with Gasteiger partial charge in [0.25, 0.3) is 0 Å². The van der Waals surface area contributed by atoms with Gasteiger partial charge in [-0.1, -0.05) is 30.3 Å². The molecule has 4 aliphatic rings. The minimum Gasteiger partial charge on any atom is -0.377 e. The minimum absolute atomic E-state index is 0.253. The summed E-state index contributed by atoms with van der Waals surface area (Å²) in [4.78, 5) is 30.7. The first-order valence-corrected chi connectivity index (χ1v) is 13.7. The number of amides is 2. The molecule has 2 amide bonds. The first-order chi connectivity index (χ1) is 19.3. The second-order valence-electron chi connectivity index (χ2n) is 11.8. The first-order valence-electron chi connectivity index (χ1n) is 13.7. The van der Waals surface area contributed by atoms with E-state index in [2.05, 4.69) is 33.4 Å². The van der Waals surface area contributed by atoms with E-state index in [9.17, 15) is 14.9 Å². The smallest absolute Gasteiger partial charge is 0.234 e. The van der Waals surface area contributed by atoms with Gasteiger partial charge >= 0.3 is 0 Å². The quantitative estimate of drug-likeness (QED) is 0.389. The number of pyridine rings is 1. The number of benzene rings is 2. The molecule has 1 aromatic heterocycles. The molecule has 9 heteroatoms. The Morgan fingerprint density at radius 2 is 2.00 bits per heavy atom. The van der Waals surface area contributed by atoms with Gasteiger partial charge in [-0.2, -0.15) is 5.26 Å². The molecule has 4 saturated heterocycles. The van der Waals surface area contributed by atoms with Crippen molar-refractivity contribution in [1.29, 1.82) is 5.26 Å². The second kappa shape index (κ2) is 8.90. The highest BCUT2D eigenvalue weighted by atomic mass is 19.1. The minimum atomic E-state index is -0.709. The monoisotopic (exact) mass is 540 g/mol. The van der Waals surface area contributed by atoms with Gasteiger partial charge in [0.2, 0.25) is 11.8 Å². The maximum atomic E-state index is 16.1. The van der Waals surface area contributed by atoms with Crippen LogP contribution in [0.3, 0.4) is 0 Å². The summed E-state index contributed by atoms with van der Waals surface area (Å²) < 4.78 is 27.8. The Hall–Kier alpha value is -3.71. The number of hydrogen-bond acceptors (Lipinski definition) is 7. The fourth-order valence-corrected chi connectivity index (χ4v) is 6.75. The molecule has 3 atom stereocenters. The topological polar surface area (TPSA) is 108 Å². The number of carbonyl (C=O) groups is 2. The van der Waals surface area contributed by atoms with Gasteiger partial charge in [-0.25, -0.2) is 4.39 Å². The summed E-state index contributed by atoms with van der Waals surface area (Å²) in [6, 6.07) is 15.9. The van der Waals surface area contributed by atoms with E-state index < -0.39 is 22.5 Å². The molecule has 0 aliphatic carbocycles. The molecule has 204 valence electrons. The van der Waals surface area contributed by atoms with E-state index in [1.54, 1.807) is 18.3 Å². The fraction of sp³-hybridized carbons (Fsp3) is 0.419. The lowest BCUT2D eigenvalue weighted by atomic mass is 9.79. The molecular weight excluding hydrogens is 511 g/mol. The van der Waals surface area contributed by atoms with Crippen molar-refractivity contribution in [2.75, 3.05) is 26.3 Å². The van der Waals surface area contributed by atoms with E-state index in [0.29, 0.717) is 54.6 Å². The van der Waals surface area contributed by atoms with Crippen molar-refractivity contribution in [2.24, 2.45) is 0 Å². The number of piperidine rings is 2. The van der Waals surface area contributed by atoms with Crippen LogP contribution in [-0.2, 0) is 36.6 Å². The van der Waals surface area contributed by atoms with Gasteiger partial charge in [-0.05, 0) is 48.6 Å². The lowest BCUT2D eigenvalue weighted by molar-refractivity contribution is -0.134. The number of nitrogens with one attached hydrogen (secondary N) is 1. The van der Waals surface area contributed by atoms with Crippen LogP contribution >= 0.6 is 0 Å². The van der Waals surface area contributed by atoms with E-state index in [0.717, 1.165) is 24.2 Å². The van der Waals surface area contributed by atoms with Crippen molar-refractivity contribution in [1.82, 2.24) is 15.2 Å². The molecular formula is C31H29FN4O4. The predicted octanol–water partition coefficient (Wildman–Crippen LogP) is 3.58. The summed E-state index contributed by atoms with van der Waals surface area (Å²) in [6.45, 7) is 5.07. The van der Waals surface area contributed by atoms with E-state index in [1.165, 1.54) is 0 Å². The standard InChI is InChI=1S/C31H29FN4O4/c1-29-16-36(14-19-2-4-21(5-3-19)30(15-33)17-39-18-30)11-10-31(29,40-29)24-7-8-25-23(27(24)32)12-20(13-34-25)22-6-9-26(37)35-28(22)38/h2-5,7-8,12-13,22H,6,9-11,14,16-18H2,1H3,(H,35,37,38). The molecule has 0 saturated carbocycles. The molecule has 2 aromatic carbocycles. The summed E-state index contributed by atoms with van der Waals surface area (Å²) in [5.74, 6) is -1.54. The maximum absolute atomic E-state index is 16.1. The molecule has 3 aromatic rings.